The van der Waals surface area contributed by atoms with E-state index in [-0.39, 0.29) is 5.91 Å². The van der Waals surface area contributed by atoms with Gasteiger partial charge in [0.2, 0.25) is 0 Å². The lowest BCUT2D eigenvalue weighted by Crippen LogP contribution is -2.33. The number of amides is 1. The minimum Gasteiger partial charge on any atom is -0.351 e. The van der Waals surface area contributed by atoms with Crippen molar-refractivity contribution in [3.05, 3.63) is 84.3 Å². The highest BCUT2D eigenvalue weighted by Crippen LogP contribution is 2.26. The molecule has 1 amide bonds. The Labute approximate surface area is 165 Å². The van der Waals surface area contributed by atoms with Crippen molar-refractivity contribution in [2.45, 2.75) is 12.3 Å². The van der Waals surface area contributed by atoms with Crippen LogP contribution in [0.4, 0.5) is 0 Å². The Kier molecular flexibility index (Phi) is 5.73. The number of hydrogen-bond donors (Lipinski definition) is 1. The van der Waals surface area contributed by atoms with Gasteiger partial charge in [0.25, 0.3) is 5.91 Å². The summed E-state index contributed by atoms with van der Waals surface area (Å²) in [6.45, 7) is 3.66. The second-order valence-corrected chi connectivity index (χ2v) is 7.12. The third kappa shape index (κ3) is 4.43. The summed E-state index contributed by atoms with van der Waals surface area (Å²) in [6, 6.07) is 18.2. The molecule has 0 aliphatic carbocycles. The van der Waals surface area contributed by atoms with Gasteiger partial charge >= 0.3 is 0 Å². The monoisotopic (exact) mass is 372 g/mol. The van der Waals surface area contributed by atoms with Crippen LogP contribution in [0.1, 0.15) is 28.3 Å². The van der Waals surface area contributed by atoms with Gasteiger partial charge in [-0.05, 0) is 36.6 Å². The topological polar surface area (TPSA) is 58.1 Å². The zero-order chi connectivity index (χ0) is 19.2. The molecule has 2 heterocycles. The van der Waals surface area contributed by atoms with E-state index in [0.717, 1.165) is 30.9 Å². The molecule has 5 heteroatoms. The fourth-order valence-corrected chi connectivity index (χ4v) is 3.73. The van der Waals surface area contributed by atoms with Crippen LogP contribution in [0.15, 0.2) is 73.2 Å². The van der Waals surface area contributed by atoms with E-state index in [1.54, 1.807) is 18.6 Å². The SMILES string of the molecule is O=C(NCCN1CC[C@@H](c2ccccc2)C1)c1cccc(-c2cnccn2)c1. The quantitative estimate of drug-likeness (QED) is 0.721. The maximum Gasteiger partial charge on any atom is 0.251 e. The average Bonchev–Trinajstić information content (AvgIpc) is 3.24. The molecule has 1 aliphatic heterocycles. The maximum absolute atomic E-state index is 12.5. The van der Waals surface area contributed by atoms with Crippen LogP contribution >= 0.6 is 0 Å². The molecule has 0 unspecified atom stereocenters. The zero-order valence-electron chi connectivity index (χ0n) is 15.8. The molecule has 142 valence electrons. The molecular weight excluding hydrogens is 348 g/mol. The predicted octanol–water partition coefficient (Wildman–Crippen LogP) is 3.36. The molecule has 1 saturated heterocycles. The van der Waals surface area contributed by atoms with Crippen molar-refractivity contribution < 1.29 is 4.79 Å². The van der Waals surface area contributed by atoms with Gasteiger partial charge in [-0.3, -0.25) is 14.8 Å². The zero-order valence-corrected chi connectivity index (χ0v) is 15.8. The number of carbonyl (C=O) groups excluding carboxylic acids is 1. The Balaban J connectivity index is 1.28. The maximum atomic E-state index is 12.5. The molecule has 5 nitrogen and oxygen atoms in total. The molecule has 0 bridgehead atoms. The van der Waals surface area contributed by atoms with Crippen molar-refractivity contribution in [2.24, 2.45) is 0 Å². The summed E-state index contributed by atoms with van der Waals surface area (Å²) >= 11 is 0. The van der Waals surface area contributed by atoms with Gasteiger partial charge in [0, 0.05) is 43.2 Å². The number of carbonyl (C=O) groups is 1. The lowest BCUT2D eigenvalue weighted by Gasteiger charge is -2.16. The highest BCUT2D eigenvalue weighted by Gasteiger charge is 2.23. The van der Waals surface area contributed by atoms with Gasteiger partial charge in [-0.2, -0.15) is 0 Å². The van der Waals surface area contributed by atoms with Crippen LogP contribution < -0.4 is 5.32 Å². The molecule has 2 aromatic carbocycles. The van der Waals surface area contributed by atoms with Gasteiger partial charge in [0.05, 0.1) is 11.9 Å². The van der Waals surface area contributed by atoms with Gasteiger partial charge in [0.15, 0.2) is 0 Å². The standard InChI is InChI=1S/C23H24N4O/c28-23(20-8-4-7-19(15-20)22-16-24-10-11-25-22)26-12-14-27-13-9-21(17-27)18-5-2-1-3-6-18/h1-8,10-11,15-16,21H,9,12-14,17H2,(H,26,28)/t21-/m1/s1. The first kappa shape index (κ1) is 18.3. The lowest BCUT2D eigenvalue weighted by atomic mass is 9.99. The van der Waals surface area contributed by atoms with Gasteiger partial charge in [-0.25, -0.2) is 0 Å². The van der Waals surface area contributed by atoms with E-state index in [1.807, 2.05) is 24.3 Å². The fourth-order valence-electron chi connectivity index (χ4n) is 3.73. The van der Waals surface area contributed by atoms with E-state index in [4.69, 9.17) is 0 Å². The van der Waals surface area contributed by atoms with Crippen molar-refractivity contribution >= 4 is 5.91 Å². The molecule has 4 rings (SSSR count). The van der Waals surface area contributed by atoms with Crippen molar-refractivity contribution in [1.29, 1.82) is 0 Å². The first-order valence-corrected chi connectivity index (χ1v) is 9.71. The first-order chi connectivity index (χ1) is 13.8. The highest BCUT2D eigenvalue weighted by molar-refractivity contribution is 5.95. The summed E-state index contributed by atoms with van der Waals surface area (Å²) in [5.41, 5.74) is 3.72. The Morgan fingerprint density at radius 1 is 1.11 bits per heavy atom. The van der Waals surface area contributed by atoms with Crippen LogP contribution in [-0.2, 0) is 0 Å². The van der Waals surface area contributed by atoms with Crippen molar-refractivity contribution in [3.63, 3.8) is 0 Å². The number of likely N-dealkylation sites (tertiary alicyclic amines) is 1. The molecule has 1 fully saturated rings. The summed E-state index contributed by atoms with van der Waals surface area (Å²) in [4.78, 5) is 23.3. The van der Waals surface area contributed by atoms with Crippen molar-refractivity contribution in [2.75, 3.05) is 26.2 Å². The summed E-state index contributed by atoms with van der Waals surface area (Å²) < 4.78 is 0. The van der Waals surface area contributed by atoms with Crippen LogP contribution in [0.25, 0.3) is 11.3 Å². The molecule has 0 saturated carbocycles. The molecule has 0 radical (unpaired) electrons. The van der Waals surface area contributed by atoms with Crippen LogP contribution in [0, 0.1) is 0 Å². The first-order valence-electron chi connectivity index (χ1n) is 9.71. The van der Waals surface area contributed by atoms with Gasteiger partial charge in [-0.15, -0.1) is 0 Å². The largest absolute Gasteiger partial charge is 0.351 e. The van der Waals surface area contributed by atoms with Gasteiger partial charge in [0.1, 0.15) is 0 Å². The molecule has 28 heavy (non-hydrogen) atoms. The fraction of sp³-hybridized carbons (Fsp3) is 0.261. The van der Waals surface area contributed by atoms with E-state index < -0.39 is 0 Å². The summed E-state index contributed by atoms with van der Waals surface area (Å²) in [5.74, 6) is 0.546. The van der Waals surface area contributed by atoms with Gasteiger partial charge < -0.3 is 10.2 Å². The average molecular weight is 372 g/mol. The Morgan fingerprint density at radius 2 is 2.00 bits per heavy atom. The third-order valence-corrected chi connectivity index (χ3v) is 5.24. The normalized spacial score (nSPS) is 16.8. The van der Waals surface area contributed by atoms with Crippen LogP contribution in [0.2, 0.25) is 0 Å². The summed E-state index contributed by atoms with van der Waals surface area (Å²) in [7, 11) is 0. The number of rotatable bonds is 6. The number of nitrogens with one attached hydrogen (secondary N) is 1. The van der Waals surface area contributed by atoms with Crippen LogP contribution in [0.3, 0.4) is 0 Å². The molecule has 1 aromatic heterocycles. The number of nitrogens with zero attached hydrogens (tertiary/aromatic N) is 3. The Bertz CT molecular complexity index is 914. The number of benzene rings is 2. The minimum atomic E-state index is -0.0513. The Hall–Kier alpha value is -3.05. The van der Waals surface area contributed by atoms with E-state index in [0.29, 0.717) is 18.0 Å². The number of hydrogen-bond acceptors (Lipinski definition) is 4. The predicted molar refractivity (Wildman–Crippen MR) is 110 cm³/mol. The summed E-state index contributed by atoms with van der Waals surface area (Å²) in [6.07, 6.45) is 6.17. The van der Waals surface area contributed by atoms with Crippen molar-refractivity contribution in [3.8, 4) is 11.3 Å². The number of aromatic nitrogens is 2. The summed E-state index contributed by atoms with van der Waals surface area (Å²) in [5, 5.41) is 3.04. The van der Waals surface area contributed by atoms with Crippen molar-refractivity contribution in [1.82, 2.24) is 20.2 Å². The second-order valence-electron chi connectivity index (χ2n) is 7.12. The molecule has 0 spiro atoms. The molecule has 1 N–H and O–H groups in total. The molecule has 1 aliphatic rings. The lowest BCUT2D eigenvalue weighted by molar-refractivity contribution is 0.0949. The molecular formula is C23H24N4O. The molecule has 1 atom stereocenters. The van der Waals surface area contributed by atoms with E-state index >= 15 is 0 Å². The minimum absolute atomic E-state index is 0.0513. The van der Waals surface area contributed by atoms with Crippen LogP contribution in [0.5, 0.6) is 0 Å². The van der Waals surface area contributed by atoms with E-state index in [2.05, 4.69) is 50.5 Å². The Morgan fingerprint density at radius 3 is 2.82 bits per heavy atom. The molecule has 3 aromatic rings. The van der Waals surface area contributed by atoms with E-state index in [9.17, 15) is 4.79 Å². The smallest absolute Gasteiger partial charge is 0.251 e. The van der Waals surface area contributed by atoms with Crippen LogP contribution in [-0.4, -0.2) is 47.0 Å². The second kappa shape index (κ2) is 8.76. The van der Waals surface area contributed by atoms with E-state index in [1.165, 1.54) is 12.0 Å². The third-order valence-electron chi connectivity index (χ3n) is 5.24. The highest BCUT2D eigenvalue weighted by atomic mass is 16.1. The van der Waals surface area contributed by atoms with Gasteiger partial charge in [-0.1, -0.05) is 42.5 Å².